The Morgan fingerprint density at radius 2 is 1.83 bits per heavy atom. The van der Waals surface area contributed by atoms with E-state index < -0.39 is 11.5 Å². The van der Waals surface area contributed by atoms with E-state index in [1.807, 2.05) is 48.5 Å². The molecule has 0 radical (unpaired) electrons. The summed E-state index contributed by atoms with van der Waals surface area (Å²) in [7, 11) is 1.70. The van der Waals surface area contributed by atoms with E-state index in [0.717, 1.165) is 28.0 Å². The van der Waals surface area contributed by atoms with Crippen LogP contribution in [-0.2, 0) is 19.6 Å². The molecule has 2 aromatic carbocycles. The van der Waals surface area contributed by atoms with Gasteiger partial charge in [-0.05, 0) is 25.0 Å². The molecular formula is C25H27NO4. The average molecular weight is 405 g/mol. The van der Waals surface area contributed by atoms with E-state index in [1.165, 1.54) is 0 Å². The van der Waals surface area contributed by atoms with Crippen LogP contribution in [0.25, 0.3) is 5.76 Å². The van der Waals surface area contributed by atoms with Gasteiger partial charge in [0.2, 0.25) is 0 Å². The van der Waals surface area contributed by atoms with Crippen molar-refractivity contribution in [2.24, 2.45) is 10.9 Å². The number of hydrogen-bond donors (Lipinski definition) is 1. The lowest BCUT2D eigenvalue weighted by molar-refractivity contribution is 0.0619. The number of aliphatic imine (C=N–C) groups is 1. The molecule has 2 aliphatic heterocycles. The zero-order chi connectivity index (χ0) is 20.9. The van der Waals surface area contributed by atoms with Crippen LogP contribution in [0.1, 0.15) is 36.6 Å². The molecule has 5 rings (SSSR count). The highest BCUT2D eigenvalue weighted by Crippen LogP contribution is 2.56. The van der Waals surface area contributed by atoms with Crippen LogP contribution < -0.4 is 0 Å². The average Bonchev–Trinajstić information content (AvgIpc) is 3.39. The normalized spacial score (nSPS) is 27.7. The quantitative estimate of drug-likeness (QED) is 0.839. The Morgan fingerprint density at radius 3 is 2.53 bits per heavy atom. The van der Waals surface area contributed by atoms with Gasteiger partial charge in [0, 0.05) is 17.1 Å². The smallest absolute Gasteiger partial charge is 0.198 e. The summed E-state index contributed by atoms with van der Waals surface area (Å²) in [6, 6.07) is 17.9. The Labute approximate surface area is 177 Å². The first-order valence-electron chi connectivity index (χ1n) is 10.4. The molecule has 1 fully saturated rings. The number of fused-ring (bicyclic) bond motifs is 2. The number of aliphatic hydroxyl groups excluding tert-OH is 1. The maximum Gasteiger partial charge on any atom is 0.198 e. The highest BCUT2D eigenvalue weighted by Gasteiger charge is 2.60. The van der Waals surface area contributed by atoms with Crippen LogP contribution in [0.15, 0.2) is 65.2 Å². The van der Waals surface area contributed by atoms with Crippen molar-refractivity contribution in [1.82, 2.24) is 0 Å². The van der Waals surface area contributed by atoms with Crippen molar-refractivity contribution < 1.29 is 19.3 Å². The van der Waals surface area contributed by atoms with Crippen molar-refractivity contribution in [3.8, 4) is 0 Å². The zero-order valence-electron chi connectivity index (χ0n) is 17.6. The van der Waals surface area contributed by atoms with Gasteiger partial charge in [-0.25, -0.2) is 4.99 Å². The van der Waals surface area contributed by atoms with Crippen molar-refractivity contribution in [2.45, 2.75) is 30.9 Å². The number of aliphatic hydroxyl groups is 1. The molecule has 30 heavy (non-hydrogen) atoms. The van der Waals surface area contributed by atoms with Gasteiger partial charge in [0.25, 0.3) is 0 Å². The van der Waals surface area contributed by atoms with Crippen LogP contribution >= 0.6 is 0 Å². The maximum atomic E-state index is 12.0. The van der Waals surface area contributed by atoms with E-state index in [9.17, 15) is 5.11 Å². The van der Waals surface area contributed by atoms with Gasteiger partial charge in [0.05, 0.1) is 32.0 Å². The number of methoxy groups -OCH3 is 1. The lowest BCUT2D eigenvalue weighted by atomic mass is 9.59. The summed E-state index contributed by atoms with van der Waals surface area (Å²) in [5.74, 6) is 1.28. The predicted molar refractivity (Wildman–Crippen MR) is 115 cm³/mol. The van der Waals surface area contributed by atoms with Gasteiger partial charge in [0.1, 0.15) is 17.8 Å². The maximum absolute atomic E-state index is 12.0. The Morgan fingerprint density at radius 1 is 1.10 bits per heavy atom. The molecule has 0 bridgehead atoms. The van der Waals surface area contributed by atoms with E-state index in [-0.39, 0.29) is 11.5 Å². The standard InChI is InChI=1S/C25H27NO4/c1-24(2)15-30-23(26-24)25(22(27)16-9-5-4-6-10-16)19-12-8-7-11-17(19)21(28-3)18-13-29-14-20(18)25/h4-12,20,22,27H,13-15H2,1-3H3/t20-,22?,25-/m0/s1. The topological polar surface area (TPSA) is 60.3 Å². The molecule has 0 amide bonds. The fraction of sp³-hybridized carbons (Fsp3) is 0.400. The molecule has 156 valence electrons. The molecule has 0 saturated carbocycles. The van der Waals surface area contributed by atoms with Gasteiger partial charge in [-0.15, -0.1) is 0 Å². The number of rotatable bonds is 4. The lowest BCUT2D eigenvalue weighted by Crippen LogP contribution is -2.51. The van der Waals surface area contributed by atoms with Crippen LogP contribution in [-0.4, -0.2) is 43.5 Å². The van der Waals surface area contributed by atoms with E-state index in [1.54, 1.807) is 7.11 Å². The molecule has 5 heteroatoms. The Kier molecular flexibility index (Phi) is 4.49. The van der Waals surface area contributed by atoms with E-state index >= 15 is 0 Å². The summed E-state index contributed by atoms with van der Waals surface area (Å²) in [6.07, 6.45) is -0.854. The van der Waals surface area contributed by atoms with Crippen molar-refractivity contribution in [3.05, 3.63) is 76.9 Å². The summed E-state index contributed by atoms with van der Waals surface area (Å²) in [5.41, 5.74) is 2.58. The van der Waals surface area contributed by atoms with Crippen LogP contribution in [0.5, 0.6) is 0 Å². The van der Waals surface area contributed by atoms with Crippen molar-refractivity contribution in [1.29, 1.82) is 0 Å². The van der Waals surface area contributed by atoms with E-state index in [0.29, 0.717) is 25.7 Å². The molecule has 0 spiro atoms. The summed E-state index contributed by atoms with van der Waals surface area (Å²) in [4.78, 5) is 4.99. The first-order chi connectivity index (χ1) is 14.5. The van der Waals surface area contributed by atoms with Crippen molar-refractivity contribution >= 4 is 11.7 Å². The number of benzene rings is 2. The number of hydrogen-bond acceptors (Lipinski definition) is 5. The molecule has 3 aliphatic rings. The molecular weight excluding hydrogens is 378 g/mol. The minimum absolute atomic E-state index is 0.134. The highest BCUT2D eigenvalue weighted by molar-refractivity contribution is 5.95. The largest absolute Gasteiger partial charge is 0.496 e. The van der Waals surface area contributed by atoms with Crippen LogP contribution in [0.4, 0.5) is 0 Å². The second kappa shape index (κ2) is 6.96. The van der Waals surface area contributed by atoms with Crippen LogP contribution in [0.2, 0.25) is 0 Å². The molecule has 5 nitrogen and oxygen atoms in total. The van der Waals surface area contributed by atoms with Gasteiger partial charge in [0.15, 0.2) is 5.90 Å². The van der Waals surface area contributed by atoms with Crippen molar-refractivity contribution in [3.63, 3.8) is 0 Å². The lowest BCUT2D eigenvalue weighted by Gasteiger charge is -2.46. The first-order valence-corrected chi connectivity index (χ1v) is 10.4. The minimum Gasteiger partial charge on any atom is -0.496 e. The third-order valence-corrected chi connectivity index (χ3v) is 6.49. The Bertz CT molecular complexity index is 1030. The van der Waals surface area contributed by atoms with Gasteiger partial charge in [-0.3, -0.25) is 0 Å². The van der Waals surface area contributed by atoms with Gasteiger partial charge >= 0.3 is 0 Å². The van der Waals surface area contributed by atoms with Gasteiger partial charge in [-0.1, -0.05) is 54.6 Å². The Balaban J connectivity index is 1.84. The summed E-state index contributed by atoms with van der Waals surface area (Å²) >= 11 is 0. The Hall–Kier alpha value is -2.63. The SMILES string of the molecule is COC1=C2COC[C@@H]2[C@](C2=NC(C)(C)CO2)(C(O)c2ccccc2)c2ccccc21. The number of ether oxygens (including phenoxy) is 3. The molecule has 2 aromatic rings. The first kappa shape index (κ1) is 19.3. The minimum atomic E-state index is -0.889. The van der Waals surface area contributed by atoms with Gasteiger partial charge < -0.3 is 19.3 Å². The third-order valence-electron chi connectivity index (χ3n) is 6.49. The summed E-state index contributed by atoms with van der Waals surface area (Å²) < 4.78 is 18.1. The molecule has 1 saturated heterocycles. The fourth-order valence-electron chi connectivity index (χ4n) is 5.18. The highest BCUT2D eigenvalue weighted by atomic mass is 16.5. The fourth-order valence-corrected chi connectivity index (χ4v) is 5.18. The molecule has 2 heterocycles. The zero-order valence-corrected chi connectivity index (χ0v) is 17.6. The monoisotopic (exact) mass is 405 g/mol. The molecule has 1 unspecified atom stereocenters. The van der Waals surface area contributed by atoms with Crippen LogP contribution in [0.3, 0.4) is 0 Å². The second-order valence-electron chi connectivity index (χ2n) is 8.87. The van der Waals surface area contributed by atoms with Gasteiger partial charge in [-0.2, -0.15) is 0 Å². The molecule has 0 aromatic heterocycles. The van der Waals surface area contributed by atoms with Crippen LogP contribution in [0, 0.1) is 5.92 Å². The predicted octanol–water partition coefficient (Wildman–Crippen LogP) is 3.88. The number of nitrogens with zero attached hydrogens (tertiary/aromatic N) is 1. The molecule has 1 aliphatic carbocycles. The third kappa shape index (κ3) is 2.65. The van der Waals surface area contributed by atoms with E-state index in [2.05, 4.69) is 19.9 Å². The van der Waals surface area contributed by atoms with E-state index in [4.69, 9.17) is 19.2 Å². The molecule has 1 N–H and O–H groups in total. The summed E-state index contributed by atoms with van der Waals surface area (Å²) in [5, 5.41) is 12.0. The summed E-state index contributed by atoms with van der Waals surface area (Å²) in [6.45, 7) is 5.54. The molecule has 3 atom stereocenters. The second-order valence-corrected chi connectivity index (χ2v) is 8.87. The van der Waals surface area contributed by atoms with Crippen molar-refractivity contribution in [2.75, 3.05) is 26.9 Å².